The van der Waals surface area contributed by atoms with Crippen molar-refractivity contribution >= 4 is 23.2 Å². The van der Waals surface area contributed by atoms with Crippen molar-refractivity contribution in [3.05, 3.63) is 58.7 Å². The molecule has 0 radical (unpaired) electrons. The average molecular weight is 366 g/mol. The smallest absolute Gasteiger partial charge is 0.222 e. The van der Waals surface area contributed by atoms with E-state index in [4.69, 9.17) is 0 Å². The normalized spacial score (nSPS) is 13.6. The number of ketones is 2. The third kappa shape index (κ3) is 3.43. The Hall–Kier alpha value is -3.15. The van der Waals surface area contributed by atoms with Gasteiger partial charge < -0.3 is 15.7 Å². The average Bonchev–Trinajstić information content (AvgIpc) is 2.69. The molecule has 1 atom stereocenters. The number of aromatic hydroxyl groups is 1. The van der Waals surface area contributed by atoms with Crippen LogP contribution in [0.2, 0.25) is 0 Å². The lowest BCUT2D eigenvalue weighted by molar-refractivity contribution is -0.124. The van der Waals surface area contributed by atoms with Gasteiger partial charge in [0.15, 0.2) is 11.6 Å². The van der Waals surface area contributed by atoms with E-state index >= 15 is 0 Å². The molecule has 2 aromatic carbocycles. The number of hydrogen-bond acceptors (Lipinski definition) is 5. The summed E-state index contributed by atoms with van der Waals surface area (Å²) < 4.78 is 0. The van der Waals surface area contributed by atoms with Crippen LogP contribution in [0.1, 0.15) is 52.1 Å². The monoisotopic (exact) mass is 366 g/mol. The SMILES string of the molecule is CC[C@H](C)C(=O)NCCNc1ccc(O)c2c1C(=O)c1ccccc1C2=O. The molecule has 0 spiro atoms. The molecule has 0 heterocycles. The third-order valence-electron chi connectivity index (χ3n) is 4.85. The fourth-order valence-corrected chi connectivity index (χ4v) is 3.10. The van der Waals surface area contributed by atoms with E-state index in [-0.39, 0.29) is 40.3 Å². The largest absolute Gasteiger partial charge is 0.507 e. The van der Waals surface area contributed by atoms with E-state index in [0.29, 0.717) is 29.9 Å². The van der Waals surface area contributed by atoms with Crippen molar-refractivity contribution in [1.29, 1.82) is 0 Å². The van der Waals surface area contributed by atoms with E-state index in [1.807, 2.05) is 13.8 Å². The maximum absolute atomic E-state index is 12.9. The highest BCUT2D eigenvalue weighted by Crippen LogP contribution is 2.36. The van der Waals surface area contributed by atoms with Crippen LogP contribution in [-0.2, 0) is 4.79 Å². The number of hydrogen-bond donors (Lipinski definition) is 3. The minimum atomic E-state index is -0.369. The first-order chi connectivity index (χ1) is 13.0. The second-order valence-electron chi connectivity index (χ2n) is 6.61. The predicted octanol–water partition coefficient (Wildman–Crippen LogP) is 2.74. The van der Waals surface area contributed by atoms with Crippen LogP contribution >= 0.6 is 0 Å². The second-order valence-corrected chi connectivity index (χ2v) is 6.61. The van der Waals surface area contributed by atoms with Crippen molar-refractivity contribution in [2.45, 2.75) is 20.3 Å². The summed E-state index contributed by atoms with van der Waals surface area (Å²) in [5.74, 6) is -0.962. The maximum atomic E-state index is 12.9. The molecule has 0 fully saturated rings. The van der Waals surface area contributed by atoms with Gasteiger partial charge in [-0.15, -0.1) is 0 Å². The van der Waals surface area contributed by atoms with Crippen molar-refractivity contribution in [1.82, 2.24) is 5.32 Å². The lowest BCUT2D eigenvalue weighted by Crippen LogP contribution is -2.33. The number of phenols is 1. The molecule has 0 saturated heterocycles. The molecule has 1 amide bonds. The number of benzene rings is 2. The molecular weight excluding hydrogens is 344 g/mol. The van der Waals surface area contributed by atoms with Crippen molar-refractivity contribution < 1.29 is 19.5 Å². The van der Waals surface area contributed by atoms with Crippen LogP contribution in [0.5, 0.6) is 5.75 Å². The third-order valence-corrected chi connectivity index (χ3v) is 4.85. The molecule has 0 saturated carbocycles. The van der Waals surface area contributed by atoms with E-state index in [0.717, 1.165) is 6.42 Å². The zero-order valence-electron chi connectivity index (χ0n) is 15.3. The van der Waals surface area contributed by atoms with Crippen LogP contribution < -0.4 is 10.6 Å². The summed E-state index contributed by atoms with van der Waals surface area (Å²) in [4.78, 5) is 37.5. The Morgan fingerprint density at radius 3 is 2.26 bits per heavy atom. The maximum Gasteiger partial charge on any atom is 0.222 e. The summed E-state index contributed by atoms with van der Waals surface area (Å²) in [6, 6.07) is 9.56. The van der Waals surface area contributed by atoms with E-state index in [1.54, 1.807) is 30.3 Å². The minimum absolute atomic E-state index is 0.0207. The fraction of sp³-hybridized carbons (Fsp3) is 0.286. The first-order valence-corrected chi connectivity index (χ1v) is 9.01. The molecular formula is C21H22N2O4. The number of amides is 1. The molecule has 0 aliphatic heterocycles. The van der Waals surface area contributed by atoms with Crippen molar-refractivity contribution in [2.24, 2.45) is 5.92 Å². The molecule has 0 unspecified atom stereocenters. The standard InChI is InChI=1S/C21H22N2O4/c1-3-12(2)21(27)23-11-10-22-15-8-9-16(24)18-17(15)19(25)13-6-4-5-7-14(13)20(18)26/h4-9,12,22,24H,3,10-11H2,1-2H3,(H,23,27)/t12-/m0/s1. The van der Waals surface area contributed by atoms with Crippen LogP contribution in [0.25, 0.3) is 0 Å². The Morgan fingerprint density at radius 2 is 1.63 bits per heavy atom. The molecule has 0 bridgehead atoms. The highest BCUT2D eigenvalue weighted by molar-refractivity contribution is 6.31. The Kier molecular flexibility index (Phi) is 5.26. The Bertz CT molecular complexity index is 920. The molecule has 6 nitrogen and oxygen atoms in total. The number of anilines is 1. The minimum Gasteiger partial charge on any atom is -0.507 e. The summed E-state index contributed by atoms with van der Waals surface area (Å²) in [6.45, 7) is 4.59. The highest BCUT2D eigenvalue weighted by Gasteiger charge is 2.33. The number of carbonyl (C=O) groups is 3. The number of nitrogens with one attached hydrogen (secondary N) is 2. The van der Waals surface area contributed by atoms with Crippen LogP contribution in [0.4, 0.5) is 5.69 Å². The van der Waals surface area contributed by atoms with Gasteiger partial charge in [0.2, 0.25) is 5.91 Å². The number of carbonyl (C=O) groups excluding carboxylic acids is 3. The predicted molar refractivity (Wildman–Crippen MR) is 102 cm³/mol. The summed E-state index contributed by atoms with van der Waals surface area (Å²) >= 11 is 0. The van der Waals surface area contributed by atoms with Crippen LogP contribution in [0, 0.1) is 5.92 Å². The first kappa shape index (κ1) is 18.6. The Morgan fingerprint density at radius 1 is 1.00 bits per heavy atom. The Labute approximate surface area is 157 Å². The van der Waals surface area contributed by atoms with Crippen molar-refractivity contribution in [2.75, 3.05) is 18.4 Å². The highest BCUT2D eigenvalue weighted by atomic mass is 16.3. The molecule has 1 aliphatic rings. The molecule has 0 aromatic heterocycles. The van der Waals surface area contributed by atoms with E-state index < -0.39 is 0 Å². The number of rotatable bonds is 6. The molecule has 3 N–H and O–H groups in total. The fourth-order valence-electron chi connectivity index (χ4n) is 3.10. The van der Waals surface area contributed by atoms with Crippen LogP contribution in [-0.4, -0.2) is 35.7 Å². The number of phenolic OH excluding ortho intramolecular Hbond substituents is 1. The zero-order valence-corrected chi connectivity index (χ0v) is 15.3. The molecule has 3 rings (SSSR count). The Balaban J connectivity index is 1.82. The topological polar surface area (TPSA) is 95.5 Å². The van der Waals surface area contributed by atoms with Gasteiger partial charge in [-0.05, 0) is 18.6 Å². The van der Waals surface area contributed by atoms with Gasteiger partial charge in [0, 0.05) is 35.8 Å². The molecule has 1 aliphatic carbocycles. The van der Waals surface area contributed by atoms with Crippen molar-refractivity contribution in [3.8, 4) is 5.75 Å². The van der Waals surface area contributed by atoms with Gasteiger partial charge in [-0.2, -0.15) is 0 Å². The summed E-state index contributed by atoms with van der Waals surface area (Å²) in [5, 5.41) is 16.1. The van der Waals surface area contributed by atoms with E-state index in [2.05, 4.69) is 10.6 Å². The number of fused-ring (bicyclic) bond motifs is 2. The van der Waals surface area contributed by atoms with Gasteiger partial charge in [0.05, 0.1) is 11.1 Å². The van der Waals surface area contributed by atoms with Gasteiger partial charge in [-0.3, -0.25) is 14.4 Å². The summed E-state index contributed by atoms with van der Waals surface area (Å²) in [5.41, 5.74) is 1.28. The van der Waals surface area contributed by atoms with Crippen LogP contribution in [0.15, 0.2) is 36.4 Å². The quantitative estimate of drug-likeness (QED) is 0.460. The second kappa shape index (κ2) is 7.61. The van der Waals surface area contributed by atoms with Gasteiger partial charge in [-0.25, -0.2) is 0 Å². The summed E-state index contributed by atoms with van der Waals surface area (Å²) in [6.07, 6.45) is 0.765. The van der Waals surface area contributed by atoms with Crippen molar-refractivity contribution in [3.63, 3.8) is 0 Å². The van der Waals surface area contributed by atoms with Gasteiger partial charge >= 0.3 is 0 Å². The first-order valence-electron chi connectivity index (χ1n) is 9.01. The van der Waals surface area contributed by atoms with Gasteiger partial charge in [-0.1, -0.05) is 38.1 Å². The van der Waals surface area contributed by atoms with E-state index in [1.165, 1.54) is 6.07 Å². The molecule has 2 aromatic rings. The lowest BCUT2D eigenvalue weighted by Gasteiger charge is -2.21. The molecule has 140 valence electrons. The van der Waals surface area contributed by atoms with Crippen LogP contribution in [0.3, 0.4) is 0 Å². The lowest BCUT2D eigenvalue weighted by atomic mass is 9.82. The molecule has 27 heavy (non-hydrogen) atoms. The van der Waals surface area contributed by atoms with Gasteiger partial charge in [0.1, 0.15) is 5.75 Å². The van der Waals surface area contributed by atoms with Gasteiger partial charge in [0.25, 0.3) is 0 Å². The summed E-state index contributed by atoms with van der Waals surface area (Å²) in [7, 11) is 0. The van der Waals surface area contributed by atoms with E-state index in [9.17, 15) is 19.5 Å². The zero-order chi connectivity index (χ0) is 19.6. The molecule has 6 heteroatoms.